The second-order valence-corrected chi connectivity index (χ2v) is 4.26. The van der Waals surface area contributed by atoms with Crippen LogP contribution in [0.3, 0.4) is 0 Å². The number of carbonyl (C=O) groups is 1. The average Bonchev–Trinajstić information content (AvgIpc) is 2.44. The van der Waals surface area contributed by atoms with Crippen molar-refractivity contribution in [1.29, 1.82) is 0 Å². The van der Waals surface area contributed by atoms with Gasteiger partial charge in [-0.05, 0) is 42.8 Å². The summed E-state index contributed by atoms with van der Waals surface area (Å²) in [5.41, 5.74) is 3.35. The van der Waals surface area contributed by atoms with E-state index in [0.717, 1.165) is 12.1 Å². The van der Waals surface area contributed by atoms with Crippen LogP contribution >= 0.6 is 0 Å². The fraction of sp³-hybridized carbons (Fsp3) is 0.0714. The van der Waals surface area contributed by atoms with Crippen molar-refractivity contribution in [1.82, 2.24) is 0 Å². The zero-order chi connectivity index (χ0) is 14.7. The van der Waals surface area contributed by atoms with E-state index >= 15 is 0 Å². The monoisotopic (exact) mass is 277 g/mol. The maximum atomic E-state index is 13.6. The molecule has 2 aromatic carbocycles. The van der Waals surface area contributed by atoms with E-state index in [9.17, 15) is 13.6 Å². The fourth-order valence-electron chi connectivity index (χ4n) is 1.65. The van der Waals surface area contributed by atoms with Crippen molar-refractivity contribution in [2.45, 2.75) is 6.92 Å². The number of halogens is 2. The molecule has 20 heavy (non-hydrogen) atoms. The van der Waals surface area contributed by atoms with Crippen LogP contribution in [0.4, 0.5) is 20.2 Å². The summed E-state index contributed by atoms with van der Waals surface area (Å²) in [5.74, 6) is 3.41. The van der Waals surface area contributed by atoms with E-state index < -0.39 is 17.5 Å². The Balaban J connectivity index is 2.20. The van der Waals surface area contributed by atoms with E-state index in [1.807, 2.05) is 0 Å². The number of hydrazine groups is 1. The number of carbonyl (C=O) groups excluding carboxylic acids is 1. The zero-order valence-electron chi connectivity index (χ0n) is 10.7. The van der Waals surface area contributed by atoms with Gasteiger partial charge in [0.15, 0.2) is 0 Å². The summed E-state index contributed by atoms with van der Waals surface area (Å²) in [4.78, 5) is 11.9. The molecule has 0 spiro atoms. The van der Waals surface area contributed by atoms with Crippen molar-refractivity contribution < 1.29 is 13.6 Å². The van der Waals surface area contributed by atoms with Gasteiger partial charge in [0.25, 0.3) is 5.91 Å². The molecule has 0 radical (unpaired) electrons. The molecule has 0 saturated carbocycles. The van der Waals surface area contributed by atoms with E-state index in [1.165, 1.54) is 19.1 Å². The summed E-state index contributed by atoms with van der Waals surface area (Å²) in [6.45, 7) is 1.45. The number of hydrogen-bond donors (Lipinski definition) is 3. The summed E-state index contributed by atoms with van der Waals surface area (Å²) >= 11 is 0. The van der Waals surface area contributed by atoms with Gasteiger partial charge in [0, 0.05) is 17.3 Å². The van der Waals surface area contributed by atoms with Gasteiger partial charge in [-0.3, -0.25) is 10.6 Å². The Hall–Kier alpha value is -2.47. The number of nitrogen functional groups attached to an aromatic ring is 1. The number of nitrogens with two attached hydrogens (primary N) is 1. The minimum absolute atomic E-state index is 0.180. The van der Waals surface area contributed by atoms with E-state index in [1.54, 1.807) is 12.1 Å². The van der Waals surface area contributed by atoms with Crippen molar-refractivity contribution in [3.63, 3.8) is 0 Å². The number of rotatable bonds is 3. The molecular formula is C14H13F2N3O. The molecule has 0 atom stereocenters. The van der Waals surface area contributed by atoms with Gasteiger partial charge in [-0.1, -0.05) is 0 Å². The lowest BCUT2D eigenvalue weighted by molar-refractivity contribution is 0.102. The van der Waals surface area contributed by atoms with Crippen molar-refractivity contribution in [3.8, 4) is 0 Å². The molecule has 0 unspecified atom stereocenters. The number of hydrogen-bond acceptors (Lipinski definition) is 3. The smallest absolute Gasteiger partial charge is 0.255 e. The molecule has 6 heteroatoms. The average molecular weight is 277 g/mol. The molecule has 0 aliphatic rings. The van der Waals surface area contributed by atoms with Gasteiger partial charge in [-0.2, -0.15) is 0 Å². The molecule has 0 aliphatic heterocycles. The molecule has 0 bridgehead atoms. The van der Waals surface area contributed by atoms with Crippen LogP contribution < -0.4 is 16.6 Å². The van der Waals surface area contributed by atoms with E-state index in [-0.39, 0.29) is 11.3 Å². The Morgan fingerprint density at radius 2 is 1.75 bits per heavy atom. The molecule has 4 nitrogen and oxygen atoms in total. The molecule has 2 aromatic rings. The third-order valence-electron chi connectivity index (χ3n) is 2.81. The Labute approximate surface area is 114 Å². The minimum Gasteiger partial charge on any atom is -0.324 e. The number of nitrogens with one attached hydrogen (secondary N) is 2. The van der Waals surface area contributed by atoms with Crippen LogP contribution in [0.2, 0.25) is 0 Å². The Kier molecular flexibility index (Phi) is 3.95. The molecule has 0 heterocycles. The molecule has 0 aromatic heterocycles. The Morgan fingerprint density at radius 3 is 2.35 bits per heavy atom. The largest absolute Gasteiger partial charge is 0.324 e. The van der Waals surface area contributed by atoms with Crippen LogP contribution in [0.1, 0.15) is 15.9 Å². The first-order chi connectivity index (χ1) is 9.51. The lowest BCUT2D eigenvalue weighted by atomic mass is 10.1. The summed E-state index contributed by atoms with van der Waals surface area (Å²) in [6, 6.07) is 8.23. The lowest BCUT2D eigenvalue weighted by Crippen LogP contribution is -2.14. The molecule has 0 fully saturated rings. The summed E-state index contributed by atoms with van der Waals surface area (Å²) in [5, 5.41) is 2.33. The second-order valence-electron chi connectivity index (χ2n) is 4.26. The number of anilines is 2. The van der Waals surface area contributed by atoms with Crippen LogP contribution in [0.5, 0.6) is 0 Å². The van der Waals surface area contributed by atoms with Gasteiger partial charge >= 0.3 is 0 Å². The zero-order valence-corrected chi connectivity index (χ0v) is 10.7. The maximum Gasteiger partial charge on any atom is 0.255 e. The normalized spacial score (nSPS) is 10.2. The van der Waals surface area contributed by atoms with Crippen molar-refractivity contribution in [2.24, 2.45) is 5.84 Å². The molecule has 0 aliphatic carbocycles. The van der Waals surface area contributed by atoms with Gasteiger partial charge in [0.05, 0.1) is 5.69 Å². The van der Waals surface area contributed by atoms with Crippen LogP contribution in [0.15, 0.2) is 36.4 Å². The quantitative estimate of drug-likeness (QED) is 0.597. The SMILES string of the molecule is Cc1cc(F)c(NC(=O)c2ccc(NN)cc2)cc1F. The van der Waals surface area contributed by atoms with Crippen LogP contribution in [-0.2, 0) is 0 Å². The van der Waals surface area contributed by atoms with Gasteiger partial charge in [-0.15, -0.1) is 0 Å². The standard InChI is InChI=1S/C14H13F2N3O/c1-8-6-12(16)13(7-11(8)15)18-14(20)9-2-4-10(19-17)5-3-9/h2-7,19H,17H2,1H3,(H,18,20). The van der Waals surface area contributed by atoms with Crippen LogP contribution in [0, 0.1) is 18.6 Å². The highest BCUT2D eigenvalue weighted by atomic mass is 19.1. The first-order valence-corrected chi connectivity index (χ1v) is 5.85. The minimum atomic E-state index is -0.683. The molecule has 0 saturated heterocycles. The predicted molar refractivity (Wildman–Crippen MR) is 73.3 cm³/mol. The molecular weight excluding hydrogens is 264 g/mol. The summed E-state index contributed by atoms with van der Waals surface area (Å²) in [7, 11) is 0. The number of aryl methyl sites for hydroxylation is 1. The third-order valence-corrected chi connectivity index (χ3v) is 2.81. The van der Waals surface area contributed by atoms with E-state index in [2.05, 4.69) is 10.7 Å². The number of amides is 1. The topological polar surface area (TPSA) is 67.2 Å². The van der Waals surface area contributed by atoms with Gasteiger partial charge in [0.2, 0.25) is 0 Å². The molecule has 1 amide bonds. The van der Waals surface area contributed by atoms with Crippen molar-refractivity contribution in [3.05, 3.63) is 59.2 Å². The van der Waals surface area contributed by atoms with Gasteiger partial charge in [0.1, 0.15) is 11.6 Å². The van der Waals surface area contributed by atoms with Crippen molar-refractivity contribution >= 4 is 17.3 Å². The Morgan fingerprint density at radius 1 is 1.10 bits per heavy atom. The first-order valence-electron chi connectivity index (χ1n) is 5.85. The predicted octanol–water partition coefficient (Wildman–Crippen LogP) is 2.81. The van der Waals surface area contributed by atoms with Gasteiger partial charge < -0.3 is 10.7 Å². The highest BCUT2D eigenvalue weighted by Gasteiger charge is 2.11. The van der Waals surface area contributed by atoms with E-state index in [4.69, 9.17) is 5.84 Å². The van der Waals surface area contributed by atoms with Crippen LogP contribution in [0.25, 0.3) is 0 Å². The molecule has 4 N–H and O–H groups in total. The van der Waals surface area contributed by atoms with Gasteiger partial charge in [-0.25, -0.2) is 8.78 Å². The summed E-state index contributed by atoms with van der Waals surface area (Å²) in [6.07, 6.45) is 0. The maximum absolute atomic E-state index is 13.6. The third kappa shape index (κ3) is 2.92. The fourth-order valence-corrected chi connectivity index (χ4v) is 1.65. The van der Waals surface area contributed by atoms with E-state index in [0.29, 0.717) is 11.3 Å². The Bertz CT molecular complexity index is 642. The molecule has 104 valence electrons. The highest BCUT2D eigenvalue weighted by molar-refractivity contribution is 6.04. The summed E-state index contributed by atoms with van der Waals surface area (Å²) < 4.78 is 27.0. The lowest BCUT2D eigenvalue weighted by Gasteiger charge is -2.08. The second kappa shape index (κ2) is 5.66. The highest BCUT2D eigenvalue weighted by Crippen LogP contribution is 2.20. The first kappa shape index (κ1) is 14.0. The van der Waals surface area contributed by atoms with Crippen LogP contribution in [-0.4, -0.2) is 5.91 Å². The van der Waals surface area contributed by atoms with Crippen molar-refractivity contribution in [2.75, 3.05) is 10.7 Å². The molecule has 2 rings (SSSR count). The number of benzene rings is 2.